The second-order valence-electron chi connectivity index (χ2n) is 5.88. The highest BCUT2D eigenvalue weighted by Crippen LogP contribution is 2.16. The normalized spacial score (nSPS) is 15.9. The predicted molar refractivity (Wildman–Crippen MR) is 97.1 cm³/mol. The Morgan fingerprint density at radius 1 is 1.40 bits per heavy atom. The highest BCUT2D eigenvalue weighted by molar-refractivity contribution is 7.13. The number of anilines is 2. The van der Waals surface area contributed by atoms with Gasteiger partial charge in [-0.25, -0.2) is 4.98 Å². The van der Waals surface area contributed by atoms with E-state index < -0.39 is 0 Å². The quantitative estimate of drug-likeness (QED) is 0.774. The summed E-state index contributed by atoms with van der Waals surface area (Å²) < 4.78 is 5.12. The van der Waals surface area contributed by atoms with Crippen LogP contribution in [0.2, 0.25) is 0 Å². The number of aromatic nitrogens is 3. The third-order valence-electron chi connectivity index (χ3n) is 4.16. The van der Waals surface area contributed by atoms with E-state index in [-0.39, 0.29) is 5.91 Å². The van der Waals surface area contributed by atoms with Gasteiger partial charge in [-0.3, -0.25) is 10.1 Å². The summed E-state index contributed by atoms with van der Waals surface area (Å²) >= 11 is 1.28. The molecule has 8 nitrogen and oxygen atoms in total. The maximum absolute atomic E-state index is 12.1. The number of ether oxygens (including phenoxy) is 1. The van der Waals surface area contributed by atoms with Crippen molar-refractivity contribution in [1.29, 1.82) is 0 Å². The summed E-state index contributed by atoms with van der Waals surface area (Å²) in [5, 5.41) is 14.1. The zero-order valence-corrected chi connectivity index (χ0v) is 15.0. The minimum Gasteiger partial charge on any atom is -0.383 e. The Kier molecular flexibility index (Phi) is 6.26. The maximum Gasteiger partial charge on any atom is 0.259 e. The van der Waals surface area contributed by atoms with E-state index in [1.807, 2.05) is 6.07 Å². The molecule has 1 amide bonds. The minimum atomic E-state index is -0.234. The van der Waals surface area contributed by atoms with Crippen molar-refractivity contribution >= 4 is 28.2 Å². The minimum absolute atomic E-state index is 0.234. The van der Waals surface area contributed by atoms with Gasteiger partial charge in [0, 0.05) is 39.0 Å². The average molecular weight is 362 g/mol. The Labute approximate surface area is 150 Å². The van der Waals surface area contributed by atoms with Crippen molar-refractivity contribution in [2.45, 2.75) is 18.9 Å². The van der Waals surface area contributed by atoms with Crippen LogP contribution in [-0.2, 0) is 4.74 Å². The van der Waals surface area contributed by atoms with Crippen molar-refractivity contribution in [2.24, 2.45) is 0 Å². The monoisotopic (exact) mass is 362 g/mol. The van der Waals surface area contributed by atoms with Crippen molar-refractivity contribution in [3.05, 3.63) is 29.4 Å². The standard InChI is InChI=1S/C16H22N6O2S/c1-24-9-8-22-6-4-13(5-7-22)19-14-3-2-12(10-17-14)15(23)20-16-21-18-11-25-16/h2-3,10-11,13H,4-9H2,1H3,(H,17,19)(H,20,21,23). The Balaban J connectivity index is 1.47. The van der Waals surface area contributed by atoms with Gasteiger partial charge in [0.25, 0.3) is 5.91 Å². The van der Waals surface area contributed by atoms with E-state index in [2.05, 4.69) is 30.7 Å². The molecule has 0 bridgehead atoms. The number of piperidine rings is 1. The molecule has 2 N–H and O–H groups in total. The van der Waals surface area contributed by atoms with Gasteiger partial charge in [0.05, 0.1) is 12.2 Å². The number of hydrogen-bond donors (Lipinski definition) is 2. The van der Waals surface area contributed by atoms with Gasteiger partial charge in [0.2, 0.25) is 5.13 Å². The second kappa shape index (κ2) is 8.84. The molecular weight excluding hydrogens is 340 g/mol. The van der Waals surface area contributed by atoms with Crippen LogP contribution in [0.1, 0.15) is 23.2 Å². The van der Waals surface area contributed by atoms with E-state index in [9.17, 15) is 4.79 Å². The van der Waals surface area contributed by atoms with E-state index in [0.717, 1.165) is 44.9 Å². The van der Waals surface area contributed by atoms with Gasteiger partial charge in [0.1, 0.15) is 11.3 Å². The van der Waals surface area contributed by atoms with Crippen LogP contribution in [0.5, 0.6) is 0 Å². The van der Waals surface area contributed by atoms with Crippen LogP contribution in [-0.4, -0.2) is 65.4 Å². The number of amides is 1. The Morgan fingerprint density at radius 3 is 2.88 bits per heavy atom. The van der Waals surface area contributed by atoms with E-state index in [1.54, 1.807) is 24.9 Å². The molecule has 0 aliphatic carbocycles. The largest absolute Gasteiger partial charge is 0.383 e. The fraction of sp³-hybridized carbons (Fsp3) is 0.500. The predicted octanol–water partition coefficient (Wildman–Crippen LogP) is 1.71. The van der Waals surface area contributed by atoms with Gasteiger partial charge in [0.15, 0.2) is 0 Å². The van der Waals surface area contributed by atoms with E-state index >= 15 is 0 Å². The molecule has 2 aromatic rings. The molecule has 134 valence electrons. The number of nitrogens with zero attached hydrogens (tertiary/aromatic N) is 4. The van der Waals surface area contributed by atoms with Gasteiger partial charge >= 0.3 is 0 Å². The second-order valence-corrected chi connectivity index (χ2v) is 6.72. The fourth-order valence-electron chi connectivity index (χ4n) is 2.74. The molecule has 0 aromatic carbocycles. The zero-order valence-electron chi connectivity index (χ0n) is 14.1. The summed E-state index contributed by atoms with van der Waals surface area (Å²) in [7, 11) is 1.73. The summed E-state index contributed by atoms with van der Waals surface area (Å²) in [6.07, 6.45) is 3.72. The molecule has 9 heteroatoms. The van der Waals surface area contributed by atoms with Gasteiger partial charge < -0.3 is 15.0 Å². The van der Waals surface area contributed by atoms with Crippen LogP contribution in [0, 0.1) is 0 Å². The lowest BCUT2D eigenvalue weighted by Crippen LogP contribution is -2.40. The molecule has 3 heterocycles. The number of pyridine rings is 1. The maximum atomic E-state index is 12.1. The van der Waals surface area contributed by atoms with Crippen LogP contribution in [0.3, 0.4) is 0 Å². The van der Waals surface area contributed by atoms with E-state index in [4.69, 9.17) is 4.74 Å². The first kappa shape index (κ1) is 17.7. The SMILES string of the molecule is COCCN1CCC(Nc2ccc(C(=O)Nc3nncs3)cn2)CC1. The van der Waals surface area contributed by atoms with E-state index in [0.29, 0.717) is 16.7 Å². The number of nitrogens with one attached hydrogen (secondary N) is 2. The number of hydrogen-bond acceptors (Lipinski definition) is 8. The topological polar surface area (TPSA) is 92.3 Å². The van der Waals surface area contributed by atoms with E-state index in [1.165, 1.54) is 11.3 Å². The molecule has 0 unspecified atom stereocenters. The Bertz CT molecular complexity index is 656. The lowest BCUT2D eigenvalue weighted by molar-refractivity contribution is 0.102. The molecular formula is C16H22N6O2S. The van der Waals surface area contributed by atoms with Crippen LogP contribution in [0.15, 0.2) is 23.8 Å². The first-order chi connectivity index (χ1) is 12.2. The molecule has 0 saturated carbocycles. The number of carbonyl (C=O) groups is 1. The van der Waals surface area contributed by atoms with Gasteiger partial charge in [-0.15, -0.1) is 10.2 Å². The first-order valence-electron chi connectivity index (χ1n) is 8.26. The average Bonchev–Trinajstić information content (AvgIpc) is 3.15. The summed E-state index contributed by atoms with van der Waals surface area (Å²) in [6.45, 7) is 3.88. The first-order valence-corrected chi connectivity index (χ1v) is 9.14. The summed E-state index contributed by atoms with van der Waals surface area (Å²) in [5.41, 5.74) is 2.07. The number of likely N-dealkylation sites (tertiary alicyclic amines) is 1. The lowest BCUT2D eigenvalue weighted by Gasteiger charge is -2.32. The third-order valence-corrected chi connectivity index (χ3v) is 4.76. The highest BCUT2D eigenvalue weighted by Gasteiger charge is 2.19. The van der Waals surface area contributed by atoms with Crippen molar-refractivity contribution in [2.75, 3.05) is 44.0 Å². The molecule has 2 aromatic heterocycles. The fourth-order valence-corrected chi connectivity index (χ4v) is 3.18. The number of carbonyl (C=O) groups excluding carboxylic acids is 1. The van der Waals surface area contributed by atoms with Crippen LogP contribution >= 0.6 is 11.3 Å². The summed E-state index contributed by atoms with van der Waals surface area (Å²) in [4.78, 5) is 18.9. The van der Waals surface area contributed by atoms with Gasteiger partial charge in [-0.05, 0) is 25.0 Å². The smallest absolute Gasteiger partial charge is 0.259 e. The zero-order chi connectivity index (χ0) is 17.5. The van der Waals surface area contributed by atoms with Crippen molar-refractivity contribution in [3.63, 3.8) is 0 Å². The number of rotatable bonds is 7. The number of methoxy groups -OCH3 is 1. The molecule has 1 fully saturated rings. The van der Waals surface area contributed by atoms with Gasteiger partial charge in [-0.2, -0.15) is 0 Å². The van der Waals surface area contributed by atoms with Crippen LogP contribution < -0.4 is 10.6 Å². The molecule has 1 aliphatic heterocycles. The molecule has 3 rings (SSSR count). The molecule has 0 radical (unpaired) electrons. The van der Waals surface area contributed by atoms with Crippen molar-refractivity contribution in [1.82, 2.24) is 20.1 Å². The van der Waals surface area contributed by atoms with Crippen LogP contribution in [0.4, 0.5) is 10.9 Å². The van der Waals surface area contributed by atoms with Crippen LogP contribution in [0.25, 0.3) is 0 Å². The van der Waals surface area contributed by atoms with Crippen molar-refractivity contribution < 1.29 is 9.53 Å². The highest BCUT2D eigenvalue weighted by atomic mass is 32.1. The molecule has 1 aliphatic rings. The third kappa shape index (κ3) is 5.18. The lowest BCUT2D eigenvalue weighted by atomic mass is 10.1. The Morgan fingerprint density at radius 2 is 2.24 bits per heavy atom. The molecule has 0 atom stereocenters. The molecule has 25 heavy (non-hydrogen) atoms. The van der Waals surface area contributed by atoms with Gasteiger partial charge in [-0.1, -0.05) is 11.3 Å². The summed E-state index contributed by atoms with van der Waals surface area (Å²) in [6, 6.07) is 4.01. The van der Waals surface area contributed by atoms with Crippen molar-refractivity contribution in [3.8, 4) is 0 Å². The Hall–Kier alpha value is -2.10. The summed E-state index contributed by atoms with van der Waals surface area (Å²) in [5.74, 6) is 0.560. The molecule has 1 saturated heterocycles. The molecule has 0 spiro atoms.